The van der Waals surface area contributed by atoms with Crippen LogP contribution in [0.15, 0.2) is 6.07 Å². The highest BCUT2D eigenvalue weighted by Crippen LogP contribution is 2.27. The molecule has 0 aliphatic carbocycles. The Morgan fingerprint density at radius 1 is 1.19 bits per heavy atom. The summed E-state index contributed by atoms with van der Waals surface area (Å²) in [5.41, 5.74) is 0.905. The number of hydrogen-bond acceptors (Lipinski definition) is 7. The topological polar surface area (TPSA) is 95.9 Å². The SMILES string of the molecule is Cc1cc(N2CCC(NC(=O)Nc3nnc(C(C)(C)C)s3)CC2)nc(C)n1. The van der Waals surface area contributed by atoms with Gasteiger partial charge in [-0.05, 0) is 26.7 Å². The molecule has 0 aromatic carbocycles. The lowest BCUT2D eigenvalue weighted by molar-refractivity contribution is 0.246. The van der Waals surface area contributed by atoms with Gasteiger partial charge in [0.25, 0.3) is 0 Å². The summed E-state index contributed by atoms with van der Waals surface area (Å²) >= 11 is 1.41. The van der Waals surface area contributed by atoms with Crippen LogP contribution in [0.1, 0.15) is 50.1 Å². The van der Waals surface area contributed by atoms with Gasteiger partial charge in [-0.25, -0.2) is 14.8 Å². The molecule has 1 aliphatic heterocycles. The van der Waals surface area contributed by atoms with Crippen molar-refractivity contribution in [3.63, 3.8) is 0 Å². The van der Waals surface area contributed by atoms with Crippen molar-refractivity contribution in [1.82, 2.24) is 25.5 Å². The van der Waals surface area contributed by atoms with Crippen molar-refractivity contribution in [2.24, 2.45) is 0 Å². The molecule has 0 bridgehead atoms. The van der Waals surface area contributed by atoms with Crippen molar-refractivity contribution in [2.75, 3.05) is 23.3 Å². The quantitative estimate of drug-likeness (QED) is 0.838. The van der Waals surface area contributed by atoms with Gasteiger partial charge in [0.2, 0.25) is 5.13 Å². The number of urea groups is 1. The molecule has 3 rings (SSSR count). The Bertz CT molecular complexity index is 786. The normalized spacial score (nSPS) is 15.7. The highest BCUT2D eigenvalue weighted by atomic mass is 32.1. The first-order valence-electron chi connectivity index (χ1n) is 9.19. The van der Waals surface area contributed by atoms with Gasteiger partial charge in [-0.1, -0.05) is 32.1 Å². The molecule has 146 valence electrons. The fourth-order valence-corrected chi connectivity index (χ4v) is 3.80. The van der Waals surface area contributed by atoms with Gasteiger partial charge < -0.3 is 10.2 Å². The van der Waals surface area contributed by atoms with E-state index < -0.39 is 0 Å². The molecule has 2 N–H and O–H groups in total. The second kappa shape index (κ2) is 7.75. The number of amides is 2. The molecule has 1 aliphatic rings. The van der Waals surface area contributed by atoms with Crippen LogP contribution in [0.4, 0.5) is 15.7 Å². The molecule has 3 heterocycles. The summed E-state index contributed by atoms with van der Waals surface area (Å²) in [5.74, 6) is 1.75. The average molecular weight is 390 g/mol. The van der Waals surface area contributed by atoms with Gasteiger partial charge in [-0.15, -0.1) is 10.2 Å². The summed E-state index contributed by atoms with van der Waals surface area (Å²) in [4.78, 5) is 23.4. The van der Waals surface area contributed by atoms with Crippen molar-refractivity contribution >= 4 is 28.3 Å². The Morgan fingerprint density at radius 3 is 2.48 bits per heavy atom. The molecule has 0 atom stereocenters. The molecule has 0 unspecified atom stereocenters. The summed E-state index contributed by atoms with van der Waals surface area (Å²) in [6.45, 7) is 11.8. The molecule has 1 saturated heterocycles. The predicted molar refractivity (Wildman–Crippen MR) is 108 cm³/mol. The first kappa shape index (κ1) is 19.5. The maximum atomic E-state index is 12.3. The fraction of sp³-hybridized carbons (Fsp3) is 0.611. The molecule has 0 saturated carbocycles. The van der Waals surface area contributed by atoms with Crippen LogP contribution in [0, 0.1) is 13.8 Å². The van der Waals surface area contributed by atoms with Gasteiger partial charge in [0, 0.05) is 36.3 Å². The van der Waals surface area contributed by atoms with Crippen LogP contribution in [0.25, 0.3) is 0 Å². The molecular formula is C18H27N7OS. The van der Waals surface area contributed by atoms with E-state index in [4.69, 9.17) is 0 Å². The highest BCUT2D eigenvalue weighted by Gasteiger charge is 2.23. The van der Waals surface area contributed by atoms with Gasteiger partial charge in [-0.2, -0.15) is 0 Å². The zero-order chi connectivity index (χ0) is 19.6. The molecule has 0 spiro atoms. The minimum absolute atomic E-state index is 0.0708. The van der Waals surface area contributed by atoms with Gasteiger partial charge >= 0.3 is 6.03 Å². The van der Waals surface area contributed by atoms with Crippen LogP contribution >= 0.6 is 11.3 Å². The Labute approximate surface area is 163 Å². The van der Waals surface area contributed by atoms with Crippen LogP contribution in [0.3, 0.4) is 0 Å². The summed E-state index contributed by atoms with van der Waals surface area (Å²) in [6, 6.07) is 1.93. The Kier molecular flexibility index (Phi) is 5.59. The number of rotatable bonds is 3. The number of piperidine rings is 1. The lowest BCUT2D eigenvalue weighted by Gasteiger charge is -2.33. The number of carbonyl (C=O) groups is 1. The third-order valence-electron chi connectivity index (χ3n) is 4.39. The summed E-state index contributed by atoms with van der Waals surface area (Å²) in [5, 5.41) is 15.5. The van der Waals surface area contributed by atoms with E-state index in [1.165, 1.54) is 11.3 Å². The zero-order valence-electron chi connectivity index (χ0n) is 16.5. The number of aromatic nitrogens is 4. The number of hydrogen-bond donors (Lipinski definition) is 2. The maximum Gasteiger partial charge on any atom is 0.321 e. The lowest BCUT2D eigenvalue weighted by atomic mass is 9.98. The van der Waals surface area contributed by atoms with E-state index in [1.54, 1.807) is 0 Å². The highest BCUT2D eigenvalue weighted by molar-refractivity contribution is 7.15. The smallest absolute Gasteiger partial charge is 0.321 e. The van der Waals surface area contributed by atoms with Crippen molar-refractivity contribution < 1.29 is 4.79 Å². The standard InChI is InChI=1S/C18H27N7OS/c1-11-10-14(20-12(2)19-11)25-8-6-13(7-9-25)21-16(26)22-17-24-23-15(27-17)18(3,4)5/h10,13H,6-9H2,1-5H3,(H2,21,22,24,26). The Morgan fingerprint density at radius 2 is 1.89 bits per heavy atom. The summed E-state index contributed by atoms with van der Waals surface area (Å²) < 4.78 is 0. The molecule has 8 nitrogen and oxygen atoms in total. The first-order valence-corrected chi connectivity index (χ1v) is 10.0. The average Bonchev–Trinajstić information content (AvgIpc) is 3.03. The van der Waals surface area contributed by atoms with Gasteiger partial charge in [0.1, 0.15) is 16.6 Å². The molecule has 2 aromatic rings. The van der Waals surface area contributed by atoms with Crippen LogP contribution in [0.5, 0.6) is 0 Å². The number of carbonyl (C=O) groups excluding carboxylic acids is 1. The Hall–Kier alpha value is -2.29. The van der Waals surface area contributed by atoms with Crippen molar-refractivity contribution in [3.8, 4) is 0 Å². The first-order chi connectivity index (χ1) is 12.7. The zero-order valence-corrected chi connectivity index (χ0v) is 17.4. The van der Waals surface area contributed by atoms with E-state index >= 15 is 0 Å². The number of nitrogens with zero attached hydrogens (tertiary/aromatic N) is 5. The van der Waals surface area contributed by atoms with Crippen LogP contribution in [-0.2, 0) is 5.41 Å². The summed E-state index contributed by atoms with van der Waals surface area (Å²) in [6.07, 6.45) is 1.75. The molecule has 27 heavy (non-hydrogen) atoms. The monoisotopic (exact) mass is 389 g/mol. The van der Waals surface area contributed by atoms with E-state index in [0.717, 1.165) is 48.3 Å². The largest absolute Gasteiger partial charge is 0.356 e. The lowest BCUT2D eigenvalue weighted by Crippen LogP contribution is -2.46. The third-order valence-corrected chi connectivity index (χ3v) is 5.66. The third kappa shape index (κ3) is 5.12. The number of anilines is 2. The second-order valence-corrected chi connectivity index (χ2v) is 8.91. The molecule has 1 fully saturated rings. The fourth-order valence-electron chi connectivity index (χ4n) is 3.01. The summed E-state index contributed by atoms with van der Waals surface area (Å²) in [7, 11) is 0. The van der Waals surface area contributed by atoms with E-state index in [2.05, 4.69) is 56.5 Å². The van der Waals surface area contributed by atoms with Crippen molar-refractivity contribution in [2.45, 2.75) is 58.9 Å². The van der Waals surface area contributed by atoms with Gasteiger partial charge in [-0.3, -0.25) is 5.32 Å². The van der Waals surface area contributed by atoms with E-state index in [0.29, 0.717) is 5.13 Å². The molecule has 0 radical (unpaired) electrons. The van der Waals surface area contributed by atoms with Crippen molar-refractivity contribution in [1.29, 1.82) is 0 Å². The van der Waals surface area contributed by atoms with Crippen molar-refractivity contribution in [3.05, 3.63) is 22.6 Å². The van der Waals surface area contributed by atoms with E-state index in [9.17, 15) is 4.79 Å². The second-order valence-electron chi connectivity index (χ2n) is 7.94. The van der Waals surface area contributed by atoms with E-state index in [1.807, 2.05) is 19.9 Å². The maximum absolute atomic E-state index is 12.3. The minimum atomic E-state index is -0.223. The minimum Gasteiger partial charge on any atom is -0.356 e. The van der Waals surface area contributed by atoms with Gasteiger partial charge in [0.15, 0.2) is 0 Å². The van der Waals surface area contributed by atoms with E-state index in [-0.39, 0.29) is 17.5 Å². The molecule has 2 amide bonds. The van der Waals surface area contributed by atoms with Crippen LogP contribution in [-0.4, -0.2) is 45.3 Å². The van der Waals surface area contributed by atoms with Gasteiger partial charge in [0.05, 0.1) is 0 Å². The number of nitrogens with one attached hydrogen (secondary N) is 2. The molecule has 2 aromatic heterocycles. The van der Waals surface area contributed by atoms with Crippen LogP contribution in [0.2, 0.25) is 0 Å². The predicted octanol–water partition coefficient (Wildman–Crippen LogP) is 3.03. The van der Waals surface area contributed by atoms with Crippen LogP contribution < -0.4 is 15.5 Å². The number of aryl methyl sites for hydroxylation is 2. The molecule has 9 heteroatoms. The molecular weight excluding hydrogens is 362 g/mol. The Balaban J connectivity index is 1.50.